The van der Waals surface area contributed by atoms with Gasteiger partial charge in [0, 0.05) is 12.3 Å². The number of carboxylic acid groups (broad SMARTS) is 1. The molecule has 0 aromatic rings. The van der Waals surface area contributed by atoms with E-state index in [-0.39, 0.29) is 24.6 Å². The highest BCUT2D eigenvalue weighted by molar-refractivity contribution is 7.80. The normalized spacial score (nSPS) is 7.25. The molecular formula is C6H14ClNO3S. The Hall–Kier alpha value is -0.260. The van der Waals surface area contributed by atoms with E-state index in [1.807, 2.05) is 0 Å². The summed E-state index contributed by atoms with van der Waals surface area (Å²) in [6.45, 7) is 1.93. The van der Waals surface area contributed by atoms with Crippen LogP contribution in [0.5, 0.6) is 0 Å². The second kappa shape index (κ2) is 13.3. The van der Waals surface area contributed by atoms with Crippen LogP contribution in [0.15, 0.2) is 0 Å². The Kier molecular flexibility index (Phi) is 19.7. The summed E-state index contributed by atoms with van der Waals surface area (Å²) >= 11 is 3.80. The minimum atomic E-state index is -1.06. The zero-order valence-corrected chi connectivity index (χ0v) is 8.53. The molecule has 0 spiro atoms. The standard InChI is InChI=1S/C4H6O3.C2H7NS.ClH/c1-3(5)2-4(6)7;3-1-2-4;/h2H2,1H3,(H,6,7);4H,1-3H2;1H. The smallest absolute Gasteiger partial charge is 0.310 e. The molecule has 0 aromatic carbocycles. The third-order valence-electron chi connectivity index (χ3n) is 0.529. The molecule has 0 aliphatic heterocycles. The van der Waals surface area contributed by atoms with Crippen LogP contribution in [-0.4, -0.2) is 29.2 Å². The van der Waals surface area contributed by atoms with Crippen molar-refractivity contribution in [2.45, 2.75) is 13.3 Å². The first-order chi connectivity index (χ1) is 5.04. The fourth-order valence-electron chi connectivity index (χ4n) is 0.213. The third kappa shape index (κ3) is 33.1. The van der Waals surface area contributed by atoms with Crippen LogP contribution >= 0.6 is 25.0 Å². The van der Waals surface area contributed by atoms with Gasteiger partial charge in [-0.15, -0.1) is 12.4 Å². The van der Waals surface area contributed by atoms with E-state index in [9.17, 15) is 9.59 Å². The van der Waals surface area contributed by atoms with Gasteiger partial charge in [-0.05, 0) is 6.92 Å². The Bertz CT molecular complexity index is 118. The molecular weight excluding hydrogens is 202 g/mol. The molecule has 0 rings (SSSR count). The van der Waals surface area contributed by atoms with Crippen molar-refractivity contribution in [1.82, 2.24) is 0 Å². The molecule has 0 radical (unpaired) electrons. The lowest BCUT2D eigenvalue weighted by Gasteiger charge is -1.80. The van der Waals surface area contributed by atoms with Gasteiger partial charge in [-0.1, -0.05) is 0 Å². The first kappa shape index (κ1) is 17.7. The van der Waals surface area contributed by atoms with Crippen molar-refractivity contribution in [2.75, 3.05) is 12.3 Å². The van der Waals surface area contributed by atoms with Crippen LogP contribution in [0.25, 0.3) is 0 Å². The number of carbonyl (C=O) groups excluding carboxylic acids is 1. The number of thiol groups is 1. The highest BCUT2D eigenvalue weighted by Gasteiger charge is 1.98. The quantitative estimate of drug-likeness (QED) is 0.469. The van der Waals surface area contributed by atoms with Crippen LogP contribution in [0.3, 0.4) is 0 Å². The average molecular weight is 216 g/mol. The molecule has 0 saturated carbocycles. The van der Waals surface area contributed by atoms with E-state index in [2.05, 4.69) is 12.6 Å². The lowest BCUT2D eigenvalue weighted by Crippen LogP contribution is -2.00. The zero-order chi connectivity index (χ0) is 9.28. The summed E-state index contributed by atoms with van der Waals surface area (Å²) in [6, 6.07) is 0. The van der Waals surface area contributed by atoms with Crippen LogP contribution in [0.1, 0.15) is 13.3 Å². The Labute approximate surface area is 83.3 Å². The van der Waals surface area contributed by atoms with Gasteiger partial charge in [0.1, 0.15) is 12.2 Å². The number of hydrogen-bond donors (Lipinski definition) is 3. The Morgan fingerprint density at radius 3 is 1.83 bits per heavy atom. The van der Waals surface area contributed by atoms with Gasteiger partial charge in [-0.2, -0.15) is 12.6 Å². The van der Waals surface area contributed by atoms with Crippen molar-refractivity contribution in [3.8, 4) is 0 Å². The number of aliphatic carboxylic acids is 1. The summed E-state index contributed by atoms with van der Waals surface area (Å²) in [5, 5.41) is 7.86. The van der Waals surface area contributed by atoms with Crippen LogP contribution in [0, 0.1) is 0 Å². The van der Waals surface area contributed by atoms with Gasteiger partial charge < -0.3 is 10.8 Å². The summed E-state index contributed by atoms with van der Waals surface area (Å²) in [5.41, 5.74) is 4.95. The molecule has 3 N–H and O–H groups in total. The molecule has 0 amide bonds. The van der Waals surface area contributed by atoms with E-state index in [0.717, 1.165) is 5.75 Å². The van der Waals surface area contributed by atoms with Crippen molar-refractivity contribution >= 4 is 36.8 Å². The van der Waals surface area contributed by atoms with E-state index in [1.54, 1.807) is 0 Å². The molecule has 12 heavy (non-hydrogen) atoms. The summed E-state index contributed by atoms with van der Waals surface area (Å²) in [4.78, 5) is 19.5. The van der Waals surface area contributed by atoms with E-state index in [0.29, 0.717) is 6.54 Å². The van der Waals surface area contributed by atoms with Crippen molar-refractivity contribution in [2.24, 2.45) is 5.73 Å². The van der Waals surface area contributed by atoms with Crippen molar-refractivity contribution in [3.05, 3.63) is 0 Å². The van der Waals surface area contributed by atoms with E-state index < -0.39 is 5.97 Å². The highest BCUT2D eigenvalue weighted by Crippen LogP contribution is 1.77. The van der Waals surface area contributed by atoms with Crippen LogP contribution in [0.4, 0.5) is 0 Å². The molecule has 74 valence electrons. The van der Waals surface area contributed by atoms with E-state index >= 15 is 0 Å². The van der Waals surface area contributed by atoms with E-state index in [4.69, 9.17) is 10.8 Å². The molecule has 0 aliphatic rings. The fraction of sp³-hybridized carbons (Fsp3) is 0.667. The van der Waals surface area contributed by atoms with Crippen LogP contribution < -0.4 is 5.73 Å². The first-order valence-electron chi connectivity index (χ1n) is 3.06. The lowest BCUT2D eigenvalue weighted by molar-refractivity contribution is -0.139. The number of rotatable bonds is 3. The molecule has 6 heteroatoms. The second-order valence-electron chi connectivity index (χ2n) is 1.78. The Morgan fingerprint density at radius 2 is 1.83 bits per heavy atom. The number of hydrogen-bond acceptors (Lipinski definition) is 4. The van der Waals surface area contributed by atoms with Gasteiger partial charge in [-0.3, -0.25) is 9.59 Å². The Morgan fingerprint density at radius 1 is 1.50 bits per heavy atom. The summed E-state index contributed by atoms with van der Waals surface area (Å²) in [7, 11) is 0. The summed E-state index contributed by atoms with van der Waals surface area (Å²) in [6.07, 6.45) is -0.361. The molecule has 0 bridgehead atoms. The first-order valence-corrected chi connectivity index (χ1v) is 3.70. The van der Waals surface area contributed by atoms with Gasteiger partial charge in [0.25, 0.3) is 0 Å². The van der Waals surface area contributed by atoms with Gasteiger partial charge >= 0.3 is 5.97 Å². The van der Waals surface area contributed by atoms with Crippen LogP contribution in [-0.2, 0) is 9.59 Å². The predicted molar refractivity (Wildman–Crippen MR) is 53.1 cm³/mol. The van der Waals surface area contributed by atoms with Gasteiger partial charge in [0.05, 0.1) is 0 Å². The minimum Gasteiger partial charge on any atom is -0.481 e. The minimum absolute atomic E-state index is 0. The highest BCUT2D eigenvalue weighted by atomic mass is 35.5. The average Bonchev–Trinajstić information content (AvgIpc) is 1.85. The number of carbonyl (C=O) groups is 2. The van der Waals surface area contributed by atoms with Gasteiger partial charge in [-0.25, -0.2) is 0 Å². The molecule has 4 nitrogen and oxygen atoms in total. The second-order valence-corrected chi connectivity index (χ2v) is 2.23. The summed E-state index contributed by atoms with van der Waals surface area (Å²) in [5.74, 6) is -0.583. The number of Topliss-reactive ketones (excluding diaryl/α,β-unsaturated/α-hetero) is 1. The number of carboxylic acids is 1. The van der Waals surface area contributed by atoms with Crippen molar-refractivity contribution in [1.29, 1.82) is 0 Å². The fourth-order valence-corrected chi connectivity index (χ4v) is 0.213. The Balaban J connectivity index is -0.000000142. The van der Waals surface area contributed by atoms with Crippen molar-refractivity contribution < 1.29 is 14.7 Å². The zero-order valence-electron chi connectivity index (χ0n) is 6.82. The predicted octanol–water partition coefficient (Wildman–Crippen LogP) is 0.347. The third-order valence-corrected chi connectivity index (χ3v) is 0.787. The maximum atomic E-state index is 9.87. The maximum absolute atomic E-state index is 9.87. The summed E-state index contributed by atoms with van der Waals surface area (Å²) < 4.78 is 0. The molecule has 0 aliphatic carbocycles. The lowest BCUT2D eigenvalue weighted by atomic mass is 10.3. The molecule has 0 saturated heterocycles. The van der Waals surface area contributed by atoms with E-state index in [1.165, 1.54) is 6.92 Å². The van der Waals surface area contributed by atoms with Gasteiger partial charge in [0.15, 0.2) is 0 Å². The molecule has 0 atom stereocenters. The van der Waals surface area contributed by atoms with Gasteiger partial charge in [0.2, 0.25) is 0 Å². The topological polar surface area (TPSA) is 80.4 Å². The molecule has 0 aromatic heterocycles. The largest absolute Gasteiger partial charge is 0.481 e. The number of ketones is 1. The SMILES string of the molecule is CC(=O)CC(=O)O.Cl.NCCS. The molecule has 0 heterocycles. The monoisotopic (exact) mass is 215 g/mol. The molecule has 0 fully saturated rings. The maximum Gasteiger partial charge on any atom is 0.310 e. The number of nitrogens with two attached hydrogens (primary N) is 1. The number of halogens is 1. The molecule has 0 unspecified atom stereocenters. The van der Waals surface area contributed by atoms with Crippen LogP contribution in [0.2, 0.25) is 0 Å². The van der Waals surface area contributed by atoms with Crippen molar-refractivity contribution in [3.63, 3.8) is 0 Å².